The number of hydrogen-bond donors (Lipinski definition) is 3. The molecule has 7 amide bonds. The molecule has 0 aliphatic carbocycles. The lowest BCUT2D eigenvalue weighted by atomic mass is 10.3. The van der Waals surface area contributed by atoms with Crippen molar-refractivity contribution in [3.8, 4) is 0 Å². The van der Waals surface area contributed by atoms with E-state index < -0.39 is 29.7 Å². The monoisotopic (exact) mass is 559 g/mol. The maximum Gasteiger partial charge on any atom is 0.432 e. The number of carbonyl (C=O) groups is 7. The summed E-state index contributed by atoms with van der Waals surface area (Å²) < 4.78 is 5.31. The maximum absolute atomic E-state index is 11.8. The Labute approximate surface area is 220 Å². The van der Waals surface area contributed by atoms with Crippen LogP contribution >= 0.6 is 21.6 Å². The number of amides is 7. The Bertz CT molecular complexity index is 881. The van der Waals surface area contributed by atoms with E-state index in [0.29, 0.717) is 23.1 Å². The highest BCUT2D eigenvalue weighted by Crippen LogP contribution is 2.19. The first kappa shape index (κ1) is 30.1. The lowest BCUT2D eigenvalue weighted by Gasteiger charge is -2.13. The normalized spacial score (nSPS) is 14.9. The van der Waals surface area contributed by atoms with Gasteiger partial charge in [0.2, 0.25) is 11.8 Å². The van der Waals surface area contributed by atoms with E-state index in [0.717, 1.165) is 17.1 Å². The van der Waals surface area contributed by atoms with Crippen LogP contribution in [0.1, 0.15) is 25.7 Å². The second-order valence-electron chi connectivity index (χ2n) is 7.51. The molecule has 0 radical (unpaired) electrons. The largest absolute Gasteiger partial charge is 0.432 e. The van der Waals surface area contributed by atoms with Crippen molar-refractivity contribution in [2.75, 3.05) is 50.9 Å². The van der Waals surface area contributed by atoms with Crippen molar-refractivity contribution in [2.45, 2.75) is 25.7 Å². The summed E-state index contributed by atoms with van der Waals surface area (Å²) in [4.78, 5) is 86.3. The molecule has 0 aromatic carbocycles. The van der Waals surface area contributed by atoms with E-state index in [9.17, 15) is 33.6 Å². The van der Waals surface area contributed by atoms with Gasteiger partial charge in [-0.3, -0.25) is 33.7 Å². The number of hydroxylamine groups is 2. The molecule has 2 aliphatic rings. The number of ether oxygens (including phenoxy) is 1. The minimum atomic E-state index is -0.864. The van der Waals surface area contributed by atoms with Gasteiger partial charge in [-0.15, -0.1) is 5.06 Å². The van der Waals surface area contributed by atoms with Crippen LogP contribution in [0.2, 0.25) is 0 Å². The van der Waals surface area contributed by atoms with Gasteiger partial charge in [0.15, 0.2) is 0 Å². The smallest absolute Gasteiger partial charge is 0.379 e. The van der Waals surface area contributed by atoms with Crippen molar-refractivity contribution in [3.63, 3.8) is 0 Å². The molecule has 0 aromatic rings. The molecule has 0 unspecified atom stereocenters. The molecule has 14 nitrogen and oxygen atoms in total. The zero-order valence-electron chi connectivity index (χ0n) is 20.0. The molecule has 37 heavy (non-hydrogen) atoms. The van der Waals surface area contributed by atoms with Gasteiger partial charge in [-0.05, 0) is 0 Å². The Morgan fingerprint density at radius 1 is 0.784 bits per heavy atom. The standard InChI is InChI=1S/C21H29N5O9S2/c27-15(5-10-25-17(29)1-2-18(25)30)22-7-12-34-11-6-16(28)23-8-13-36-37-14-9-24-21(33)35-26-19(31)3-4-20(26)32/h1-2H,3-14H2,(H,22,27)(H,23,28)(H,24,33). The third-order valence-corrected chi connectivity index (χ3v) is 7.14. The SMILES string of the molecule is O=C(CCOCCNC(=O)CCN1C(=O)C=CC1=O)NCCSSCCNC(=O)ON1C(=O)CCC1=O. The molecule has 2 heterocycles. The molecule has 0 bridgehead atoms. The minimum absolute atomic E-state index is 0.00395. The highest BCUT2D eigenvalue weighted by molar-refractivity contribution is 8.76. The summed E-state index contributed by atoms with van der Waals surface area (Å²) in [6.07, 6.45) is 1.72. The number of rotatable bonds is 17. The van der Waals surface area contributed by atoms with Crippen molar-refractivity contribution in [2.24, 2.45) is 0 Å². The summed E-state index contributed by atoms with van der Waals surface area (Å²) >= 11 is 0. The molecule has 3 N–H and O–H groups in total. The highest BCUT2D eigenvalue weighted by atomic mass is 33.1. The lowest BCUT2D eigenvalue weighted by molar-refractivity contribution is -0.171. The van der Waals surface area contributed by atoms with Crippen LogP contribution in [0.25, 0.3) is 0 Å². The Morgan fingerprint density at radius 3 is 2.00 bits per heavy atom. The van der Waals surface area contributed by atoms with Crippen LogP contribution < -0.4 is 16.0 Å². The second-order valence-corrected chi connectivity index (χ2v) is 10.2. The van der Waals surface area contributed by atoms with Crippen LogP contribution in [0, 0.1) is 0 Å². The van der Waals surface area contributed by atoms with Gasteiger partial charge in [0.05, 0.1) is 13.2 Å². The van der Waals surface area contributed by atoms with Crippen molar-refractivity contribution >= 4 is 63.1 Å². The predicted molar refractivity (Wildman–Crippen MR) is 132 cm³/mol. The Hall–Kier alpha value is -3.11. The van der Waals surface area contributed by atoms with Crippen LogP contribution in [-0.2, 0) is 38.3 Å². The fourth-order valence-electron chi connectivity index (χ4n) is 2.89. The van der Waals surface area contributed by atoms with Crippen LogP contribution in [0.5, 0.6) is 0 Å². The molecule has 0 spiro atoms. The summed E-state index contributed by atoms with van der Waals surface area (Å²) in [5.74, 6) is -1.20. The fourth-order valence-corrected chi connectivity index (χ4v) is 4.70. The average molecular weight is 560 g/mol. The zero-order valence-corrected chi connectivity index (χ0v) is 21.7. The van der Waals surface area contributed by atoms with Crippen molar-refractivity contribution < 1.29 is 43.1 Å². The molecular formula is C21H29N5O9S2. The minimum Gasteiger partial charge on any atom is -0.379 e. The summed E-state index contributed by atoms with van der Waals surface area (Å²) in [7, 11) is 2.99. The first-order valence-corrected chi connectivity index (χ1v) is 14.0. The quantitative estimate of drug-likeness (QED) is 0.114. The third kappa shape index (κ3) is 11.7. The summed E-state index contributed by atoms with van der Waals surface area (Å²) in [6.45, 7) is 1.43. The molecule has 0 aromatic heterocycles. The number of carbonyl (C=O) groups excluding carboxylic acids is 7. The molecule has 1 saturated heterocycles. The van der Waals surface area contributed by atoms with Crippen LogP contribution in [-0.4, -0.2) is 102 Å². The number of nitrogens with zero attached hydrogens (tertiary/aromatic N) is 2. The fraction of sp³-hybridized carbons (Fsp3) is 0.571. The number of hydrogen-bond acceptors (Lipinski definition) is 11. The van der Waals surface area contributed by atoms with Crippen molar-refractivity contribution in [3.05, 3.63) is 12.2 Å². The zero-order chi connectivity index (χ0) is 27.0. The van der Waals surface area contributed by atoms with E-state index in [1.54, 1.807) is 0 Å². The molecule has 0 atom stereocenters. The Morgan fingerprint density at radius 2 is 1.35 bits per heavy atom. The predicted octanol–water partition coefficient (Wildman–Crippen LogP) is -0.888. The van der Waals surface area contributed by atoms with Gasteiger partial charge in [-0.25, -0.2) is 4.79 Å². The van der Waals surface area contributed by atoms with Crippen molar-refractivity contribution in [1.29, 1.82) is 0 Å². The molecule has 1 fully saturated rings. The van der Waals surface area contributed by atoms with E-state index in [4.69, 9.17) is 4.74 Å². The maximum atomic E-state index is 11.8. The first-order chi connectivity index (χ1) is 17.8. The van der Waals surface area contributed by atoms with E-state index >= 15 is 0 Å². The van der Waals surface area contributed by atoms with Crippen LogP contribution in [0.4, 0.5) is 4.79 Å². The third-order valence-electron chi connectivity index (χ3n) is 4.73. The van der Waals surface area contributed by atoms with Crippen molar-refractivity contribution in [1.82, 2.24) is 25.9 Å². The summed E-state index contributed by atoms with van der Waals surface area (Å²) in [6, 6.07) is 0. The number of imide groups is 2. The van der Waals surface area contributed by atoms with Crippen LogP contribution in [0.15, 0.2) is 12.2 Å². The van der Waals surface area contributed by atoms with E-state index in [2.05, 4.69) is 20.8 Å². The van der Waals surface area contributed by atoms with Crippen LogP contribution in [0.3, 0.4) is 0 Å². The van der Waals surface area contributed by atoms with E-state index in [1.165, 1.54) is 21.6 Å². The van der Waals surface area contributed by atoms with Gasteiger partial charge < -0.3 is 25.5 Å². The van der Waals surface area contributed by atoms with Gasteiger partial charge >= 0.3 is 6.09 Å². The van der Waals surface area contributed by atoms with E-state index in [1.807, 2.05) is 0 Å². The van der Waals surface area contributed by atoms with Gasteiger partial charge in [0, 0.05) is 75.5 Å². The Kier molecular flexibility index (Phi) is 13.5. The average Bonchev–Trinajstić information content (AvgIpc) is 3.36. The van der Waals surface area contributed by atoms with Gasteiger partial charge in [0.25, 0.3) is 23.6 Å². The molecule has 0 saturated carbocycles. The second kappa shape index (κ2) is 16.6. The molecule has 16 heteroatoms. The van der Waals surface area contributed by atoms with Gasteiger partial charge in [-0.1, -0.05) is 21.6 Å². The van der Waals surface area contributed by atoms with E-state index in [-0.39, 0.29) is 70.3 Å². The van der Waals surface area contributed by atoms with Gasteiger partial charge in [-0.2, -0.15) is 0 Å². The highest BCUT2D eigenvalue weighted by Gasteiger charge is 2.32. The molecule has 2 aliphatic heterocycles. The molecule has 2 rings (SSSR count). The molecule has 204 valence electrons. The number of nitrogens with one attached hydrogen (secondary N) is 3. The summed E-state index contributed by atoms with van der Waals surface area (Å²) in [5, 5.41) is 8.30. The van der Waals surface area contributed by atoms with Gasteiger partial charge in [0.1, 0.15) is 0 Å². The Balaban J connectivity index is 1.34. The first-order valence-electron chi connectivity index (χ1n) is 11.5. The molecular weight excluding hydrogens is 530 g/mol. The lowest BCUT2D eigenvalue weighted by Crippen LogP contribution is -2.37. The topological polar surface area (TPSA) is 181 Å². The summed E-state index contributed by atoms with van der Waals surface area (Å²) in [5.41, 5.74) is 0.